The highest BCUT2D eigenvalue weighted by Crippen LogP contribution is 2.32. The fraction of sp³-hybridized carbons (Fsp3) is 0.267. The second-order valence-electron chi connectivity index (χ2n) is 4.45. The Balaban J connectivity index is 2.21. The molecule has 0 saturated carbocycles. The molecule has 2 aromatic carbocycles. The lowest BCUT2D eigenvalue weighted by molar-refractivity contribution is -0.137. The third-order valence-corrected chi connectivity index (χ3v) is 3.25. The van der Waals surface area contributed by atoms with Crippen molar-refractivity contribution in [2.45, 2.75) is 25.9 Å². The van der Waals surface area contributed by atoms with Gasteiger partial charge in [0.15, 0.2) is 0 Å². The Morgan fingerprint density at radius 3 is 2.63 bits per heavy atom. The van der Waals surface area contributed by atoms with Gasteiger partial charge in [-0.3, -0.25) is 4.79 Å². The van der Waals surface area contributed by atoms with Crippen molar-refractivity contribution >= 4 is 28.3 Å². The highest BCUT2D eigenvalue weighted by atomic mass is 35.5. The SMILES string of the molecule is CC(CCC(=O)O)Oc1ccc(Cl)c2ccccc12. The van der Waals surface area contributed by atoms with Gasteiger partial charge in [-0.25, -0.2) is 0 Å². The van der Waals surface area contributed by atoms with Crippen molar-refractivity contribution in [3.8, 4) is 5.75 Å². The summed E-state index contributed by atoms with van der Waals surface area (Å²) in [5, 5.41) is 11.2. The predicted octanol–water partition coefficient (Wildman–Crippen LogP) is 4.13. The van der Waals surface area contributed by atoms with Crippen LogP contribution in [-0.4, -0.2) is 17.2 Å². The van der Waals surface area contributed by atoms with Crippen LogP contribution in [0.3, 0.4) is 0 Å². The summed E-state index contributed by atoms with van der Waals surface area (Å²) in [7, 11) is 0. The van der Waals surface area contributed by atoms with E-state index in [2.05, 4.69) is 0 Å². The van der Waals surface area contributed by atoms with Crippen LogP contribution in [0.2, 0.25) is 5.02 Å². The van der Waals surface area contributed by atoms with Crippen molar-refractivity contribution in [3.63, 3.8) is 0 Å². The van der Waals surface area contributed by atoms with E-state index in [1.165, 1.54) is 0 Å². The molecule has 4 heteroatoms. The second kappa shape index (κ2) is 5.93. The summed E-state index contributed by atoms with van der Waals surface area (Å²) < 4.78 is 5.81. The average Bonchev–Trinajstić information content (AvgIpc) is 2.40. The number of benzene rings is 2. The number of halogens is 1. The van der Waals surface area contributed by atoms with Crippen LogP contribution in [0, 0.1) is 0 Å². The Kier molecular flexibility index (Phi) is 4.27. The van der Waals surface area contributed by atoms with Crippen LogP contribution in [0.25, 0.3) is 10.8 Å². The molecule has 0 aliphatic rings. The molecule has 100 valence electrons. The summed E-state index contributed by atoms with van der Waals surface area (Å²) in [6.45, 7) is 1.87. The minimum atomic E-state index is -0.809. The number of carboxylic acid groups (broad SMARTS) is 1. The topological polar surface area (TPSA) is 46.5 Å². The molecule has 1 unspecified atom stereocenters. The van der Waals surface area contributed by atoms with Crippen molar-refractivity contribution < 1.29 is 14.6 Å². The molecule has 1 atom stereocenters. The number of hydrogen-bond acceptors (Lipinski definition) is 2. The zero-order chi connectivity index (χ0) is 13.8. The number of carboxylic acids is 1. The Labute approximate surface area is 116 Å². The Morgan fingerprint density at radius 2 is 1.95 bits per heavy atom. The molecule has 0 amide bonds. The predicted molar refractivity (Wildman–Crippen MR) is 75.9 cm³/mol. The normalized spacial score (nSPS) is 12.3. The van der Waals surface area contributed by atoms with Crippen LogP contribution < -0.4 is 4.74 Å². The highest BCUT2D eigenvalue weighted by molar-refractivity contribution is 6.35. The Morgan fingerprint density at radius 1 is 1.26 bits per heavy atom. The molecule has 0 bridgehead atoms. The molecule has 1 N–H and O–H groups in total. The van der Waals surface area contributed by atoms with Crippen LogP contribution in [0.15, 0.2) is 36.4 Å². The number of carbonyl (C=O) groups is 1. The fourth-order valence-corrected chi connectivity index (χ4v) is 2.17. The molecule has 19 heavy (non-hydrogen) atoms. The van der Waals surface area contributed by atoms with Gasteiger partial charge in [-0.1, -0.05) is 35.9 Å². The summed E-state index contributed by atoms with van der Waals surface area (Å²) in [5.74, 6) is -0.0747. The molecule has 0 saturated heterocycles. The maximum atomic E-state index is 10.5. The van der Waals surface area contributed by atoms with E-state index in [9.17, 15) is 4.79 Å². The molecule has 0 aliphatic carbocycles. The summed E-state index contributed by atoms with van der Waals surface area (Å²) >= 11 is 6.14. The molecule has 2 rings (SSSR count). The van der Waals surface area contributed by atoms with Gasteiger partial charge in [-0.05, 0) is 25.5 Å². The Hall–Kier alpha value is -1.74. The van der Waals surface area contributed by atoms with Crippen molar-refractivity contribution in [2.24, 2.45) is 0 Å². The maximum Gasteiger partial charge on any atom is 0.303 e. The van der Waals surface area contributed by atoms with Gasteiger partial charge < -0.3 is 9.84 Å². The average molecular weight is 279 g/mol. The largest absolute Gasteiger partial charge is 0.490 e. The first-order valence-corrected chi connectivity index (χ1v) is 6.51. The fourth-order valence-electron chi connectivity index (χ4n) is 1.94. The number of hydrogen-bond donors (Lipinski definition) is 1. The van der Waals surface area contributed by atoms with Gasteiger partial charge in [-0.2, -0.15) is 0 Å². The maximum absolute atomic E-state index is 10.5. The molecule has 0 spiro atoms. The summed E-state index contributed by atoms with van der Waals surface area (Å²) in [4.78, 5) is 10.5. The lowest BCUT2D eigenvalue weighted by Gasteiger charge is -2.16. The number of ether oxygens (including phenoxy) is 1. The molecule has 0 fully saturated rings. The molecule has 0 aromatic heterocycles. The van der Waals surface area contributed by atoms with Gasteiger partial charge >= 0.3 is 5.97 Å². The van der Waals surface area contributed by atoms with Crippen molar-refractivity contribution in [3.05, 3.63) is 41.4 Å². The minimum absolute atomic E-state index is 0.104. The van der Waals surface area contributed by atoms with Gasteiger partial charge in [0.1, 0.15) is 5.75 Å². The van der Waals surface area contributed by atoms with Crippen molar-refractivity contribution in [2.75, 3.05) is 0 Å². The van der Waals surface area contributed by atoms with Gasteiger partial charge in [0, 0.05) is 22.2 Å². The standard InChI is InChI=1S/C15H15ClO3/c1-10(6-9-15(17)18)19-14-8-7-13(16)11-4-2-3-5-12(11)14/h2-5,7-8,10H,6,9H2,1H3,(H,17,18). The Bertz CT molecular complexity index is 595. The first kappa shape index (κ1) is 13.7. The van der Waals surface area contributed by atoms with Crippen LogP contribution in [-0.2, 0) is 4.79 Å². The van der Waals surface area contributed by atoms with Gasteiger partial charge in [0.2, 0.25) is 0 Å². The molecule has 2 aromatic rings. The molecule has 0 aliphatic heterocycles. The first-order valence-electron chi connectivity index (χ1n) is 6.13. The van der Waals surface area contributed by atoms with E-state index in [0.717, 1.165) is 16.5 Å². The van der Waals surface area contributed by atoms with E-state index >= 15 is 0 Å². The van der Waals surface area contributed by atoms with Crippen LogP contribution in [0.5, 0.6) is 5.75 Å². The second-order valence-corrected chi connectivity index (χ2v) is 4.86. The number of rotatable bonds is 5. The van der Waals surface area contributed by atoms with E-state index < -0.39 is 5.97 Å². The summed E-state index contributed by atoms with van der Waals surface area (Å²) in [5.41, 5.74) is 0. The molecular formula is C15H15ClO3. The summed E-state index contributed by atoms with van der Waals surface area (Å²) in [6.07, 6.45) is 0.430. The zero-order valence-electron chi connectivity index (χ0n) is 10.6. The van der Waals surface area contributed by atoms with Gasteiger partial charge in [0.25, 0.3) is 0 Å². The number of fused-ring (bicyclic) bond motifs is 1. The molecular weight excluding hydrogens is 264 g/mol. The monoisotopic (exact) mass is 278 g/mol. The highest BCUT2D eigenvalue weighted by Gasteiger charge is 2.10. The lowest BCUT2D eigenvalue weighted by atomic mass is 10.1. The lowest BCUT2D eigenvalue weighted by Crippen LogP contribution is -2.13. The third-order valence-electron chi connectivity index (χ3n) is 2.92. The van der Waals surface area contributed by atoms with E-state index in [1.807, 2.05) is 37.3 Å². The van der Waals surface area contributed by atoms with E-state index in [-0.39, 0.29) is 12.5 Å². The first-order chi connectivity index (χ1) is 9.08. The number of aliphatic carboxylic acids is 1. The van der Waals surface area contributed by atoms with Gasteiger partial charge in [0.05, 0.1) is 6.10 Å². The van der Waals surface area contributed by atoms with Crippen LogP contribution >= 0.6 is 11.6 Å². The van der Waals surface area contributed by atoms with Gasteiger partial charge in [-0.15, -0.1) is 0 Å². The van der Waals surface area contributed by atoms with Crippen LogP contribution in [0.4, 0.5) is 0 Å². The third kappa shape index (κ3) is 3.38. The van der Waals surface area contributed by atoms with Crippen molar-refractivity contribution in [1.29, 1.82) is 0 Å². The smallest absolute Gasteiger partial charge is 0.303 e. The molecule has 3 nitrogen and oxygen atoms in total. The minimum Gasteiger partial charge on any atom is -0.490 e. The van der Waals surface area contributed by atoms with Crippen molar-refractivity contribution in [1.82, 2.24) is 0 Å². The van der Waals surface area contributed by atoms with E-state index in [1.54, 1.807) is 6.07 Å². The van der Waals surface area contributed by atoms with Crippen LogP contribution in [0.1, 0.15) is 19.8 Å². The molecule has 0 radical (unpaired) electrons. The zero-order valence-corrected chi connectivity index (χ0v) is 11.4. The summed E-state index contributed by atoms with van der Waals surface area (Å²) in [6, 6.07) is 11.3. The van der Waals surface area contributed by atoms with E-state index in [4.69, 9.17) is 21.4 Å². The quantitative estimate of drug-likeness (QED) is 0.895. The van der Waals surface area contributed by atoms with E-state index in [0.29, 0.717) is 11.4 Å². The molecule has 0 heterocycles.